The van der Waals surface area contributed by atoms with Gasteiger partial charge < -0.3 is 15.1 Å². The Kier molecular flexibility index (Phi) is 4.62. The van der Waals surface area contributed by atoms with E-state index in [1.165, 1.54) is 12.8 Å². The average molecular weight is 253 g/mol. The van der Waals surface area contributed by atoms with Crippen molar-refractivity contribution in [2.24, 2.45) is 0 Å². The molecule has 104 valence electrons. The molecular weight excluding hydrogens is 226 g/mol. The van der Waals surface area contributed by atoms with Gasteiger partial charge in [-0.25, -0.2) is 0 Å². The largest absolute Gasteiger partial charge is 0.338 e. The molecule has 2 aliphatic heterocycles. The lowest BCUT2D eigenvalue weighted by Gasteiger charge is -2.38. The standard InChI is InChI=1S/C14H27N3O/c1-4-7-17(14(18)10-16(2)3)13-8-11-5-6-12(9-13)15-11/h11-13,15H,4-10H2,1-3H3. The van der Waals surface area contributed by atoms with E-state index < -0.39 is 0 Å². The third-order valence-corrected chi connectivity index (χ3v) is 4.13. The highest BCUT2D eigenvalue weighted by Crippen LogP contribution is 2.29. The first-order valence-electron chi connectivity index (χ1n) is 7.30. The van der Waals surface area contributed by atoms with Crippen molar-refractivity contribution < 1.29 is 4.79 Å². The molecule has 0 saturated carbocycles. The molecule has 2 bridgehead atoms. The molecule has 0 aromatic heterocycles. The molecule has 2 heterocycles. The second-order valence-corrected chi connectivity index (χ2v) is 6.09. The number of nitrogens with one attached hydrogen (secondary N) is 1. The second kappa shape index (κ2) is 6.02. The SMILES string of the molecule is CCCN(C(=O)CN(C)C)C1CC2CCC(C1)N2. The number of fused-ring (bicyclic) bond motifs is 2. The molecule has 4 nitrogen and oxygen atoms in total. The average Bonchev–Trinajstić information content (AvgIpc) is 2.64. The smallest absolute Gasteiger partial charge is 0.236 e. The summed E-state index contributed by atoms with van der Waals surface area (Å²) in [6.07, 6.45) is 5.94. The molecule has 18 heavy (non-hydrogen) atoms. The summed E-state index contributed by atoms with van der Waals surface area (Å²) in [5.74, 6) is 0.299. The van der Waals surface area contributed by atoms with E-state index in [1.54, 1.807) is 0 Å². The predicted octanol–water partition coefficient (Wildman–Crippen LogP) is 1.07. The first-order chi connectivity index (χ1) is 8.60. The summed E-state index contributed by atoms with van der Waals surface area (Å²) in [5, 5.41) is 3.65. The number of carbonyl (C=O) groups is 1. The van der Waals surface area contributed by atoms with Crippen molar-refractivity contribution in [3.63, 3.8) is 0 Å². The molecule has 1 amide bonds. The van der Waals surface area contributed by atoms with E-state index >= 15 is 0 Å². The predicted molar refractivity (Wildman–Crippen MR) is 73.5 cm³/mol. The zero-order valence-corrected chi connectivity index (χ0v) is 12.0. The van der Waals surface area contributed by atoms with Crippen LogP contribution in [0.25, 0.3) is 0 Å². The fraction of sp³-hybridized carbons (Fsp3) is 0.929. The molecule has 2 saturated heterocycles. The van der Waals surface area contributed by atoms with Crippen LogP contribution in [0.15, 0.2) is 0 Å². The van der Waals surface area contributed by atoms with E-state index in [2.05, 4.69) is 17.1 Å². The van der Waals surface area contributed by atoms with Crippen molar-refractivity contribution in [1.82, 2.24) is 15.1 Å². The van der Waals surface area contributed by atoms with Crippen LogP contribution in [0.1, 0.15) is 39.0 Å². The normalized spacial score (nSPS) is 30.8. The van der Waals surface area contributed by atoms with Gasteiger partial charge in [-0.05, 0) is 46.2 Å². The van der Waals surface area contributed by atoms with Crippen molar-refractivity contribution in [2.45, 2.75) is 57.2 Å². The van der Waals surface area contributed by atoms with Crippen LogP contribution in [0.2, 0.25) is 0 Å². The Hall–Kier alpha value is -0.610. The van der Waals surface area contributed by atoms with Gasteiger partial charge in [0.2, 0.25) is 5.91 Å². The van der Waals surface area contributed by atoms with Crippen LogP contribution in [0.3, 0.4) is 0 Å². The molecule has 0 aliphatic carbocycles. The van der Waals surface area contributed by atoms with Crippen molar-refractivity contribution in [3.05, 3.63) is 0 Å². The number of nitrogens with zero attached hydrogens (tertiary/aromatic N) is 2. The Morgan fingerprint density at radius 3 is 2.33 bits per heavy atom. The Labute approximate surface area is 111 Å². The Balaban J connectivity index is 1.98. The molecule has 2 fully saturated rings. The lowest BCUT2D eigenvalue weighted by Crippen LogP contribution is -2.52. The first kappa shape index (κ1) is 13.8. The van der Waals surface area contributed by atoms with E-state index in [9.17, 15) is 4.79 Å². The Morgan fingerprint density at radius 1 is 1.22 bits per heavy atom. The van der Waals surface area contributed by atoms with Gasteiger partial charge in [-0.15, -0.1) is 0 Å². The summed E-state index contributed by atoms with van der Waals surface area (Å²) in [6.45, 7) is 3.61. The highest BCUT2D eigenvalue weighted by Gasteiger charge is 2.37. The van der Waals surface area contributed by atoms with Crippen LogP contribution in [0.5, 0.6) is 0 Å². The summed E-state index contributed by atoms with van der Waals surface area (Å²) >= 11 is 0. The molecule has 2 atom stereocenters. The number of rotatable bonds is 5. The highest BCUT2D eigenvalue weighted by atomic mass is 16.2. The molecule has 4 heteroatoms. The van der Waals surface area contributed by atoms with E-state index in [0.29, 0.717) is 30.6 Å². The van der Waals surface area contributed by atoms with Crippen molar-refractivity contribution >= 4 is 5.91 Å². The molecule has 2 aliphatic rings. The Bertz CT molecular complexity index is 281. The van der Waals surface area contributed by atoms with E-state index in [0.717, 1.165) is 25.8 Å². The minimum absolute atomic E-state index is 0.299. The fourth-order valence-electron chi connectivity index (χ4n) is 3.39. The third kappa shape index (κ3) is 3.23. The molecule has 0 aromatic carbocycles. The quantitative estimate of drug-likeness (QED) is 0.796. The summed E-state index contributed by atoms with van der Waals surface area (Å²) in [7, 11) is 3.93. The van der Waals surface area contributed by atoms with Crippen molar-refractivity contribution in [1.29, 1.82) is 0 Å². The number of amides is 1. The van der Waals surface area contributed by atoms with Crippen molar-refractivity contribution in [2.75, 3.05) is 27.2 Å². The van der Waals surface area contributed by atoms with Gasteiger partial charge in [0.15, 0.2) is 0 Å². The molecular formula is C14H27N3O. The third-order valence-electron chi connectivity index (χ3n) is 4.13. The van der Waals surface area contributed by atoms with Crippen LogP contribution in [0, 0.1) is 0 Å². The maximum absolute atomic E-state index is 12.3. The summed E-state index contributed by atoms with van der Waals surface area (Å²) in [4.78, 5) is 16.5. The minimum atomic E-state index is 0.299. The van der Waals surface area contributed by atoms with E-state index in [4.69, 9.17) is 0 Å². The number of hydrogen-bond acceptors (Lipinski definition) is 3. The molecule has 2 rings (SSSR count). The van der Waals surface area contributed by atoms with Gasteiger partial charge in [0.1, 0.15) is 0 Å². The summed E-state index contributed by atoms with van der Waals surface area (Å²) in [5.41, 5.74) is 0. The van der Waals surface area contributed by atoms with E-state index in [1.807, 2.05) is 19.0 Å². The maximum atomic E-state index is 12.3. The van der Waals surface area contributed by atoms with Crippen LogP contribution < -0.4 is 5.32 Å². The highest BCUT2D eigenvalue weighted by molar-refractivity contribution is 5.78. The van der Waals surface area contributed by atoms with Crippen LogP contribution in [0.4, 0.5) is 0 Å². The zero-order valence-electron chi connectivity index (χ0n) is 12.0. The first-order valence-corrected chi connectivity index (χ1v) is 7.30. The number of likely N-dealkylation sites (N-methyl/N-ethyl adjacent to an activating group) is 1. The van der Waals surface area contributed by atoms with Gasteiger partial charge in [0, 0.05) is 24.7 Å². The minimum Gasteiger partial charge on any atom is -0.338 e. The lowest BCUT2D eigenvalue weighted by atomic mass is 9.98. The van der Waals surface area contributed by atoms with Gasteiger partial charge in [-0.2, -0.15) is 0 Å². The molecule has 0 radical (unpaired) electrons. The van der Waals surface area contributed by atoms with Gasteiger partial charge in [-0.3, -0.25) is 4.79 Å². The maximum Gasteiger partial charge on any atom is 0.236 e. The molecule has 0 spiro atoms. The van der Waals surface area contributed by atoms with Gasteiger partial charge in [-0.1, -0.05) is 6.92 Å². The van der Waals surface area contributed by atoms with Gasteiger partial charge in [0.25, 0.3) is 0 Å². The summed E-state index contributed by atoms with van der Waals surface area (Å²) < 4.78 is 0. The van der Waals surface area contributed by atoms with Gasteiger partial charge in [0.05, 0.1) is 6.54 Å². The zero-order chi connectivity index (χ0) is 13.1. The number of hydrogen-bond donors (Lipinski definition) is 1. The lowest BCUT2D eigenvalue weighted by molar-refractivity contribution is -0.135. The molecule has 1 N–H and O–H groups in total. The van der Waals surface area contributed by atoms with Gasteiger partial charge >= 0.3 is 0 Å². The van der Waals surface area contributed by atoms with Crippen molar-refractivity contribution in [3.8, 4) is 0 Å². The van der Waals surface area contributed by atoms with Crippen LogP contribution >= 0.6 is 0 Å². The topological polar surface area (TPSA) is 35.6 Å². The van der Waals surface area contributed by atoms with Crippen LogP contribution in [-0.2, 0) is 4.79 Å². The monoisotopic (exact) mass is 253 g/mol. The van der Waals surface area contributed by atoms with Crippen LogP contribution in [-0.4, -0.2) is 61.0 Å². The second-order valence-electron chi connectivity index (χ2n) is 6.09. The van der Waals surface area contributed by atoms with E-state index in [-0.39, 0.29) is 0 Å². The molecule has 2 unspecified atom stereocenters. The molecule has 0 aromatic rings. The summed E-state index contributed by atoms with van der Waals surface area (Å²) in [6, 6.07) is 1.77. The fourth-order valence-corrected chi connectivity index (χ4v) is 3.39. The Morgan fingerprint density at radius 2 is 1.83 bits per heavy atom. The number of carbonyl (C=O) groups excluding carboxylic acids is 1. The number of piperidine rings is 1.